The first kappa shape index (κ1) is 14.0. The number of benzene rings is 2. The monoisotopic (exact) mass is 318 g/mol. The smallest absolute Gasteiger partial charge is 0.129 e. The normalized spacial score (nSPS) is 11.0. The van der Waals surface area contributed by atoms with Crippen LogP contribution in [0.15, 0.2) is 48.7 Å². The number of nitrogens with zero attached hydrogens (tertiary/aromatic N) is 1. The van der Waals surface area contributed by atoms with Gasteiger partial charge in [-0.25, -0.2) is 4.39 Å². The lowest BCUT2D eigenvalue weighted by molar-refractivity contribution is 0.602. The number of rotatable bonds is 3. The molecule has 0 saturated heterocycles. The molecule has 2 aromatic carbocycles. The number of halogens is 2. The Bertz CT molecular complexity index is 841. The summed E-state index contributed by atoms with van der Waals surface area (Å²) < 4.78 is 15.9. The predicted molar refractivity (Wildman–Crippen MR) is 88.3 cm³/mol. The summed E-state index contributed by atoms with van der Waals surface area (Å²) in [4.78, 5) is 0.349. The van der Waals surface area contributed by atoms with Gasteiger partial charge in [0.25, 0.3) is 0 Å². The van der Waals surface area contributed by atoms with E-state index in [0.717, 1.165) is 16.5 Å². The molecular weight excluding hydrogens is 307 g/mol. The topological polar surface area (TPSA) is 30.9 Å². The van der Waals surface area contributed by atoms with Crippen LogP contribution in [-0.2, 0) is 6.54 Å². The Morgan fingerprint density at radius 2 is 2.00 bits per heavy atom. The van der Waals surface area contributed by atoms with Crippen LogP contribution in [0.2, 0.25) is 5.02 Å². The van der Waals surface area contributed by atoms with E-state index in [2.05, 4.69) is 0 Å². The van der Waals surface area contributed by atoms with Crippen molar-refractivity contribution in [3.63, 3.8) is 0 Å². The summed E-state index contributed by atoms with van der Waals surface area (Å²) in [6.07, 6.45) is 1.92. The van der Waals surface area contributed by atoms with Crippen molar-refractivity contribution in [1.82, 2.24) is 4.57 Å². The zero-order valence-corrected chi connectivity index (χ0v) is 12.6. The van der Waals surface area contributed by atoms with Crippen molar-refractivity contribution in [2.75, 3.05) is 0 Å². The molecule has 3 rings (SSSR count). The first-order chi connectivity index (χ1) is 10.0. The SMILES string of the molecule is NC(=S)c1ccc2ccn(Cc3ccc(Cl)cc3F)c2c1. The maximum Gasteiger partial charge on any atom is 0.129 e. The highest BCUT2D eigenvalue weighted by Crippen LogP contribution is 2.21. The zero-order chi connectivity index (χ0) is 15.0. The number of aromatic nitrogens is 1. The Morgan fingerprint density at radius 3 is 2.71 bits per heavy atom. The van der Waals surface area contributed by atoms with Gasteiger partial charge in [0.2, 0.25) is 0 Å². The molecule has 106 valence electrons. The number of nitrogens with two attached hydrogens (primary N) is 1. The number of fused-ring (bicyclic) bond motifs is 1. The second kappa shape index (κ2) is 5.47. The summed E-state index contributed by atoms with van der Waals surface area (Å²) in [6.45, 7) is 0.424. The molecule has 21 heavy (non-hydrogen) atoms. The second-order valence-corrected chi connectivity index (χ2v) is 5.69. The lowest BCUT2D eigenvalue weighted by Gasteiger charge is -2.08. The Labute approximate surface area is 131 Å². The van der Waals surface area contributed by atoms with Crippen LogP contribution in [0.25, 0.3) is 10.9 Å². The van der Waals surface area contributed by atoms with Crippen LogP contribution in [0.3, 0.4) is 0 Å². The van der Waals surface area contributed by atoms with E-state index in [1.54, 1.807) is 12.1 Å². The summed E-state index contributed by atoms with van der Waals surface area (Å²) in [5.74, 6) is -0.310. The molecular formula is C16H12ClFN2S. The average Bonchev–Trinajstić information content (AvgIpc) is 2.84. The molecule has 0 spiro atoms. The third-order valence-electron chi connectivity index (χ3n) is 3.41. The summed E-state index contributed by atoms with van der Waals surface area (Å²) in [5.41, 5.74) is 8.01. The van der Waals surface area contributed by atoms with Crippen molar-refractivity contribution in [2.24, 2.45) is 5.73 Å². The van der Waals surface area contributed by atoms with Crippen LogP contribution >= 0.6 is 23.8 Å². The van der Waals surface area contributed by atoms with E-state index in [0.29, 0.717) is 22.1 Å². The highest BCUT2D eigenvalue weighted by atomic mass is 35.5. The molecule has 1 aromatic heterocycles. The molecule has 0 saturated carbocycles. The molecule has 0 aliphatic rings. The van der Waals surface area contributed by atoms with Gasteiger partial charge in [0, 0.05) is 27.9 Å². The standard InChI is InChI=1S/C16H12ClFN2S/c17-13-4-3-12(14(18)8-13)9-20-6-5-10-1-2-11(16(19)21)7-15(10)20/h1-8H,9H2,(H2,19,21). The molecule has 0 atom stereocenters. The van der Waals surface area contributed by atoms with Gasteiger partial charge in [-0.2, -0.15) is 0 Å². The predicted octanol–water partition coefficient (Wildman–Crippen LogP) is 4.12. The first-order valence-electron chi connectivity index (χ1n) is 6.37. The van der Waals surface area contributed by atoms with Crippen LogP contribution in [0.1, 0.15) is 11.1 Å². The molecule has 0 amide bonds. The molecule has 2 N–H and O–H groups in total. The Morgan fingerprint density at radius 1 is 1.19 bits per heavy atom. The van der Waals surface area contributed by atoms with Gasteiger partial charge in [-0.3, -0.25) is 0 Å². The molecule has 2 nitrogen and oxygen atoms in total. The Hall–Kier alpha value is -1.91. The van der Waals surface area contributed by atoms with E-state index >= 15 is 0 Å². The van der Waals surface area contributed by atoms with Crippen molar-refractivity contribution in [3.8, 4) is 0 Å². The summed E-state index contributed by atoms with van der Waals surface area (Å²) >= 11 is 10.8. The quantitative estimate of drug-likeness (QED) is 0.737. The molecule has 3 aromatic rings. The fourth-order valence-corrected chi connectivity index (χ4v) is 2.59. The van der Waals surface area contributed by atoms with Crippen molar-refractivity contribution >= 4 is 39.7 Å². The highest BCUT2D eigenvalue weighted by molar-refractivity contribution is 7.80. The molecule has 5 heteroatoms. The zero-order valence-electron chi connectivity index (χ0n) is 11.0. The lowest BCUT2D eigenvalue weighted by Crippen LogP contribution is -2.09. The molecule has 0 bridgehead atoms. The van der Waals surface area contributed by atoms with Crippen LogP contribution in [0.4, 0.5) is 4.39 Å². The van der Waals surface area contributed by atoms with Gasteiger partial charge in [-0.05, 0) is 29.7 Å². The van der Waals surface area contributed by atoms with Crippen molar-refractivity contribution in [1.29, 1.82) is 0 Å². The Balaban J connectivity index is 2.04. The van der Waals surface area contributed by atoms with Crippen LogP contribution in [-0.4, -0.2) is 9.56 Å². The number of thiocarbonyl (C=S) groups is 1. The third-order valence-corrected chi connectivity index (χ3v) is 3.89. The van der Waals surface area contributed by atoms with Gasteiger partial charge in [0.1, 0.15) is 10.8 Å². The van der Waals surface area contributed by atoms with E-state index in [-0.39, 0.29) is 5.82 Å². The third kappa shape index (κ3) is 2.77. The van der Waals surface area contributed by atoms with Crippen molar-refractivity contribution < 1.29 is 4.39 Å². The first-order valence-corrected chi connectivity index (χ1v) is 7.16. The van der Waals surface area contributed by atoms with Crippen LogP contribution in [0.5, 0.6) is 0 Å². The maximum atomic E-state index is 13.9. The molecule has 0 unspecified atom stereocenters. The maximum absolute atomic E-state index is 13.9. The van der Waals surface area contributed by atoms with Gasteiger partial charge in [-0.1, -0.05) is 42.0 Å². The van der Waals surface area contributed by atoms with E-state index in [9.17, 15) is 4.39 Å². The van der Waals surface area contributed by atoms with Gasteiger partial charge in [0.05, 0.1) is 6.54 Å². The summed E-state index contributed by atoms with van der Waals surface area (Å²) in [7, 11) is 0. The molecule has 0 aliphatic heterocycles. The molecule has 0 fully saturated rings. The van der Waals surface area contributed by atoms with E-state index < -0.39 is 0 Å². The van der Waals surface area contributed by atoms with Gasteiger partial charge < -0.3 is 10.3 Å². The minimum Gasteiger partial charge on any atom is -0.389 e. The number of hydrogen-bond acceptors (Lipinski definition) is 1. The summed E-state index contributed by atoms with van der Waals surface area (Å²) in [6, 6.07) is 12.4. The fourth-order valence-electron chi connectivity index (χ4n) is 2.31. The van der Waals surface area contributed by atoms with Gasteiger partial charge in [-0.15, -0.1) is 0 Å². The van der Waals surface area contributed by atoms with Crippen LogP contribution in [0, 0.1) is 5.82 Å². The Kier molecular flexibility index (Phi) is 3.66. The van der Waals surface area contributed by atoms with E-state index in [1.165, 1.54) is 6.07 Å². The average molecular weight is 319 g/mol. The van der Waals surface area contributed by atoms with E-state index in [1.807, 2.05) is 35.0 Å². The molecule has 1 heterocycles. The highest BCUT2D eigenvalue weighted by Gasteiger charge is 2.08. The van der Waals surface area contributed by atoms with E-state index in [4.69, 9.17) is 29.6 Å². The van der Waals surface area contributed by atoms with Gasteiger partial charge in [0.15, 0.2) is 0 Å². The lowest BCUT2D eigenvalue weighted by atomic mass is 10.1. The van der Waals surface area contributed by atoms with Crippen LogP contribution < -0.4 is 5.73 Å². The van der Waals surface area contributed by atoms with Gasteiger partial charge >= 0.3 is 0 Å². The molecule has 0 radical (unpaired) electrons. The minimum atomic E-state index is -0.310. The number of hydrogen-bond donors (Lipinski definition) is 1. The molecule has 0 aliphatic carbocycles. The minimum absolute atomic E-state index is 0.310. The fraction of sp³-hybridized carbons (Fsp3) is 0.0625. The van der Waals surface area contributed by atoms with Crippen molar-refractivity contribution in [2.45, 2.75) is 6.54 Å². The largest absolute Gasteiger partial charge is 0.389 e. The van der Waals surface area contributed by atoms with Crippen molar-refractivity contribution in [3.05, 3.63) is 70.6 Å². The second-order valence-electron chi connectivity index (χ2n) is 4.82. The summed E-state index contributed by atoms with van der Waals surface area (Å²) in [5, 5.41) is 1.45.